The van der Waals surface area contributed by atoms with E-state index >= 15 is 0 Å². The van der Waals surface area contributed by atoms with Gasteiger partial charge in [0.25, 0.3) is 5.79 Å². The summed E-state index contributed by atoms with van der Waals surface area (Å²) in [5.41, 5.74) is 0.330. The molecule has 0 bridgehead atoms. The number of nitrogens with zero attached hydrogens (tertiary/aromatic N) is 1. The summed E-state index contributed by atoms with van der Waals surface area (Å²) in [6.07, 6.45) is 1.04. The highest BCUT2D eigenvalue weighted by molar-refractivity contribution is 6.15. The first kappa shape index (κ1) is 15.5. The summed E-state index contributed by atoms with van der Waals surface area (Å²) < 4.78 is 23.3. The van der Waals surface area contributed by atoms with E-state index in [-0.39, 0.29) is 17.6 Å². The zero-order chi connectivity index (χ0) is 16.3. The first-order chi connectivity index (χ1) is 10.3. The smallest absolute Gasteiger partial charge is 0.350 e. The van der Waals surface area contributed by atoms with E-state index in [0.717, 1.165) is 6.20 Å². The Hall–Kier alpha value is -2.88. The van der Waals surface area contributed by atoms with E-state index in [1.165, 1.54) is 32.0 Å². The maximum Gasteiger partial charge on any atom is 0.350 e. The van der Waals surface area contributed by atoms with Crippen LogP contribution in [0.2, 0.25) is 0 Å². The molecule has 1 fully saturated rings. The molecule has 1 N–H and O–H groups in total. The molecule has 7 heteroatoms. The van der Waals surface area contributed by atoms with Crippen LogP contribution in [0.25, 0.3) is 0 Å². The Morgan fingerprint density at radius 2 is 1.95 bits per heavy atom. The summed E-state index contributed by atoms with van der Waals surface area (Å²) in [6, 6.07) is 5.87. The molecule has 22 heavy (non-hydrogen) atoms. The summed E-state index contributed by atoms with van der Waals surface area (Å²) in [4.78, 5) is 23.5. The maximum atomic E-state index is 13.4. The van der Waals surface area contributed by atoms with Gasteiger partial charge >= 0.3 is 11.9 Å². The molecule has 1 aliphatic heterocycles. The van der Waals surface area contributed by atoms with Gasteiger partial charge in [0.1, 0.15) is 5.82 Å². The third-order valence-electron chi connectivity index (χ3n) is 2.82. The first-order valence-corrected chi connectivity index (χ1v) is 6.41. The third-order valence-corrected chi connectivity index (χ3v) is 2.82. The Balaban J connectivity index is 2.18. The van der Waals surface area contributed by atoms with Crippen LogP contribution in [-0.4, -0.2) is 17.7 Å². The molecule has 0 amide bonds. The number of halogens is 1. The van der Waals surface area contributed by atoms with Gasteiger partial charge in [0.05, 0.1) is 12.5 Å². The minimum absolute atomic E-state index is 0.0871. The molecule has 1 aliphatic rings. The minimum Gasteiger partial charge on any atom is -0.419 e. The van der Waals surface area contributed by atoms with Crippen LogP contribution in [0.5, 0.6) is 0 Å². The topological polar surface area (TPSA) is 88.4 Å². The van der Waals surface area contributed by atoms with Crippen molar-refractivity contribution >= 4 is 17.6 Å². The molecule has 0 saturated carbocycles. The van der Waals surface area contributed by atoms with Gasteiger partial charge in [0.15, 0.2) is 5.57 Å². The Bertz CT molecular complexity index is 682. The molecule has 0 aromatic heterocycles. The summed E-state index contributed by atoms with van der Waals surface area (Å²) in [6.45, 7) is 2.89. The predicted octanol–water partition coefficient (Wildman–Crippen LogP) is 2.02. The van der Waals surface area contributed by atoms with Gasteiger partial charge in [-0.2, -0.15) is 5.26 Å². The van der Waals surface area contributed by atoms with Crippen LogP contribution in [0, 0.1) is 17.1 Å². The number of nitrogens with one attached hydrogen (secondary N) is 1. The van der Waals surface area contributed by atoms with E-state index in [9.17, 15) is 14.0 Å². The second-order valence-corrected chi connectivity index (χ2v) is 5.02. The van der Waals surface area contributed by atoms with Gasteiger partial charge in [-0.25, -0.2) is 14.0 Å². The molecule has 0 radical (unpaired) electrons. The second-order valence-electron chi connectivity index (χ2n) is 5.02. The monoisotopic (exact) mass is 304 g/mol. The number of esters is 2. The number of hydrogen-bond donors (Lipinski definition) is 1. The number of cyclic esters (lactones) is 2. The molecular weight excluding hydrogens is 291 g/mol. The standard InChI is InChI=1S/C15H13FN2O4/c1-15(2)21-13(19)11(14(20)22-15)8-18-10-3-4-12(16)9(7-10)5-6-17/h3-4,7-8,18H,5H2,1-2H3. The highest BCUT2D eigenvalue weighted by atomic mass is 19.1. The van der Waals surface area contributed by atoms with Gasteiger partial charge in [0, 0.05) is 31.3 Å². The highest BCUT2D eigenvalue weighted by Crippen LogP contribution is 2.23. The fraction of sp³-hybridized carbons (Fsp3) is 0.267. The molecule has 2 rings (SSSR count). The Morgan fingerprint density at radius 1 is 1.32 bits per heavy atom. The number of rotatable bonds is 3. The van der Waals surface area contributed by atoms with Gasteiger partial charge in [0.2, 0.25) is 0 Å². The van der Waals surface area contributed by atoms with Crippen LogP contribution in [0.3, 0.4) is 0 Å². The maximum absolute atomic E-state index is 13.4. The lowest BCUT2D eigenvalue weighted by molar-refractivity contribution is -0.222. The van der Waals surface area contributed by atoms with Crippen molar-refractivity contribution in [2.45, 2.75) is 26.1 Å². The van der Waals surface area contributed by atoms with Crippen LogP contribution in [0.1, 0.15) is 19.4 Å². The Labute approximate surface area is 126 Å². The number of benzene rings is 1. The number of hydrogen-bond acceptors (Lipinski definition) is 6. The normalized spacial score (nSPS) is 16.4. The van der Waals surface area contributed by atoms with E-state index in [1.54, 1.807) is 0 Å². The van der Waals surface area contributed by atoms with Crippen molar-refractivity contribution in [2.24, 2.45) is 0 Å². The number of nitriles is 1. The molecule has 0 aliphatic carbocycles. The van der Waals surface area contributed by atoms with Gasteiger partial charge in [-0.15, -0.1) is 0 Å². The van der Waals surface area contributed by atoms with E-state index in [2.05, 4.69) is 5.32 Å². The van der Waals surface area contributed by atoms with Crippen LogP contribution in [0.4, 0.5) is 10.1 Å². The number of anilines is 1. The zero-order valence-corrected chi connectivity index (χ0v) is 12.0. The average Bonchev–Trinajstić information content (AvgIpc) is 2.40. The van der Waals surface area contributed by atoms with E-state index in [0.29, 0.717) is 5.69 Å². The Morgan fingerprint density at radius 3 is 2.55 bits per heavy atom. The van der Waals surface area contributed by atoms with E-state index in [4.69, 9.17) is 14.7 Å². The first-order valence-electron chi connectivity index (χ1n) is 6.41. The molecule has 1 aromatic carbocycles. The molecule has 0 atom stereocenters. The average molecular weight is 304 g/mol. The fourth-order valence-corrected chi connectivity index (χ4v) is 1.82. The molecular formula is C15H13FN2O4. The van der Waals surface area contributed by atoms with E-state index < -0.39 is 23.5 Å². The van der Waals surface area contributed by atoms with Gasteiger partial charge in [-0.05, 0) is 18.2 Å². The van der Waals surface area contributed by atoms with Crippen molar-refractivity contribution in [3.8, 4) is 6.07 Å². The quantitative estimate of drug-likeness (QED) is 0.522. The van der Waals surface area contributed by atoms with Gasteiger partial charge < -0.3 is 14.8 Å². The summed E-state index contributed by atoms with van der Waals surface area (Å²) >= 11 is 0. The lowest BCUT2D eigenvalue weighted by Crippen LogP contribution is -2.42. The van der Waals surface area contributed by atoms with Crippen molar-refractivity contribution in [1.29, 1.82) is 5.26 Å². The summed E-state index contributed by atoms with van der Waals surface area (Å²) in [5, 5.41) is 11.3. The molecule has 0 unspecified atom stereocenters. The van der Waals surface area contributed by atoms with Crippen molar-refractivity contribution in [3.05, 3.63) is 41.4 Å². The lowest BCUT2D eigenvalue weighted by Gasteiger charge is -2.29. The number of carbonyl (C=O) groups excluding carboxylic acids is 2. The van der Waals surface area contributed by atoms with Crippen LogP contribution in [0.15, 0.2) is 30.0 Å². The summed E-state index contributed by atoms with van der Waals surface area (Å²) in [5.74, 6) is -3.43. The largest absolute Gasteiger partial charge is 0.419 e. The van der Waals surface area contributed by atoms with Crippen LogP contribution in [-0.2, 0) is 25.5 Å². The third kappa shape index (κ3) is 3.41. The van der Waals surface area contributed by atoms with Crippen molar-refractivity contribution in [2.75, 3.05) is 5.32 Å². The molecule has 1 heterocycles. The van der Waals surface area contributed by atoms with Gasteiger partial charge in [-0.1, -0.05) is 0 Å². The SMILES string of the molecule is CC1(C)OC(=O)C(=CNc2ccc(F)c(CC#N)c2)C(=O)O1. The highest BCUT2D eigenvalue weighted by Gasteiger charge is 2.38. The van der Waals surface area contributed by atoms with Crippen LogP contribution >= 0.6 is 0 Å². The zero-order valence-electron chi connectivity index (χ0n) is 12.0. The molecule has 0 spiro atoms. The summed E-state index contributed by atoms with van der Waals surface area (Å²) in [7, 11) is 0. The van der Waals surface area contributed by atoms with Crippen molar-refractivity contribution in [1.82, 2.24) is 0 Å². The van der Waals surface area contributed by atoms with Crippen molar-refractivity contribution in [3.63, 3.8) is 0 Å². The molecule has 6 nitrogen and oxygen atoms in total. The van der Waals surface area contributed by atoms with E-state index in [1.807, 2.05) is 6.07 Å². The Kier molecular flexibility index (Phi) is 4.13. The number of ether oxygens (including phenoxy) is 2. The molecule has 114 valence electrons. The predicted molar refractivity (Wildman–Crippen MR) is 73.7 cm³/mol. The minimum atomic E-state index is -1.30. The number of carbonyl (C=O) groups is 2. The molecule has 1 saturated heterocycles. The van der Waals surface area contributed by atoms with Crippen LogP contribution < -0.4 is 5.32 Å². The lowest BCUT2D eigenvalue weighted by atomic mass is 10.1. The van der Waals surface area contributed by atoms with Gasteiger partial charge in [-0.3, -0.25) is 0 Å². The second kappa shape index (κ2) is 5.85. The fourth-order valence-electron chi connectivity index (χ4n) is 1.82. The van der Waals surface area contributed by atoms with Crippen molar-refractivity contribution < 1.29 is 23.5 Å². The molecule has 1 aromatic rings.